The Morgan fingerprint density at radius 1 is 1.26 bits per heavy atom. The number of esters is 1. The van der Waals surface area contributed by atoms with Crippen molar-refractivity contribution in [2.45, 2.75) is 38.6 Å². The average molecular weight is 368 g/mol. The van der Waals surface area contributed by atoms with Gasteiger partial charge in [-0.25, -0.2) is 14.8 Å². The second-order valence-corrected chi connectivity index (χ2v) is 6.48. The number of carbonyl (C=O) groups excluding carboxylic acids is 2. The summed E-state index contributed by atoms with van der Waals surface area (Å²) in [4.78, 5) is 35.6. The smallest absolute Gasteiger partial charge is 0.339 e. The zero-order chi connectivity index (χ0) is 19.2. The van der Waals surface area contributed by atoms with Crippen LogP contribution in [0.2, 0.25) is 0 Å². The number of hydrogen-bond donors (Lipinski definition) is 1. The molecule has 0 aliphatic carbocycles. The number of rotatable bonds is 5. The number of para-hydroxylation sites is 1. The molecule has 0 saturated carbocycles. The molecule has 1 aromatic heterocycles. The van der Waals surface area contributed by atoms with E-state index in [0.29, 0.717) is 23.2 Å². The first-order chi connectivity index (χ1) is 13.1. The van der Waals surface area contributed by atoms with Crippen LogP contribution in [0, 0.1) is 0 Å². The molecule has 1 N–H and O–H groups in total. The lowest BCUT2D eigenvalue weighted by Crippen LogP contribution is -2.40. The van der Waals surface area contributed by atoms with E-state index in [4.69, 9.17) is 4.74 Å². The highest BCUT2D eigenvalue weighted by Gasteiger charge is 2.24. The Labute approximate surface area is 158 Å². The standard InChI is InChI=1S/C20H24N4O3/c1-3-14-8-6-7-13-24(14)20-21-12-11-17(23-20)18(25)22-16-10-5-4-9-15(16)19(26)27-2/h4-5,9-12,14H,3,6-8,13H2,1-2H3,(H,22,25). The van der Waals surface area contributed by atoms with Crippen molar-refractivity contribution in [3.05, 3.63) is 47.8 Å². The number of methoxy groups -OCH3 is 1. The molecule has 1 amide bonds. The molecule has 0 bridgehead atoms. The van der Waals surface area contributed by atoms with Crippen LogP contribution in [-0.4, -0.2) is 41.5 Å². The van der Waals surface area contributed by atoms with Crippen molar-refractivity contribution in [2.24, 2.45) is 0 Å². The van der Waals surface area contributed by atoms with Crippen LogP contribution in [0.3, 0.4) is 0 Å². The number of aromatic nitrogens is 2. The van der Waals surface area contributed by atoms with Crippen molar-refractivity contribution in [3.63, 3.8) is 0 Å². The molecule has 1 saturated heterocycles. The minimum absolute atomic E-state index is 0.264. The van der Waals surface area contributed by atoms with Crippen LogP contribution in [0.15, 0.2) is 36.5 Å². The van der Waals surface area contributed by atoms with Gasteiger partial charge in [-0.15, -0.1) is 0 Å². The molecule has 1 aliphatic heterocycles. The zero-order valence-corrected chi connectivity index (χ0v) is 15.6. The normalized spacial score (nSPS) is 16.7. The molecule has 0 radical (unpaired) electrons. The highest BCUT2D eigenvalue weighted by molar-refractivity contribution is 6.07. The summed E-state index contributed by atoms with van der Waals surface area (Å²) in [5.41, 5.74) is 0.948. The van der Waals surface area contributed by atoms with Crippen LogP contribution in [0.25, 0.3) is 0 Å². The fraction of sp³-hybridized carbons (Fsp3) is 0.400. The van der Waals surface area contributed by atoms with Gasteiger partial charge in [0.05, 0.1) is 18.4 Å². The van der Waals surface area contributed by atoms with E-state index >= 15 is 0 Å². The van der Waals surface area contributed by atoms with Gasteiger partial charge in [0.15, 0.2) is 0 Å². The molecule has 1 fully saturated rings. The molecule has 142 valence electrons. The summed E-state index contributed by atoms with van der Waals surface area (Å²) in [6, 6.07) is 8.69. The van der Waals surface area contributed by atoms with E-state index in [0.717, 1.165) is 25.8 Å². The second kappa shape index (κ2) is 8.62. The largest absolute Gasteiger partial charge is 0.465 e. The lowest BCUT2D eigenvalue weighted by molar-refractivity contribution is 0.0602. The first-order valence-corrected chi connectivity index (χ1v) is 9.22. The maximum Gasteiger partial charge on any atom is 0.339 e. The van der Waals surface area contributed by atoms with Crippen LogP contribution in [-0.2, 0) is 4.74 Å². The fourth-order valence-corrected chi connectivity index (χ4v) is 3.37. The number of benzene rings is 1. The SMILES string of the molecule is CCC1CCCCN1c1nccc(C(=O)Nc2ccccc2C(=O)OC)n1. The first-order valence-electron chi connectivity index (χ1n) is 9.22. The van der Waals surface area contributed by atoms with E-state index in [1.807, 2.05) is 0 Å². The van der Waals surface area contributed by atoms with Crippen LogP contribution >= 0.6 is 0 Å². The second-order valence-electron chi connectivity index (χ2n) is 6.48. The summed E-state index contributed by atoms with van der Waals surface area (Å²) in [7, 11) is 1.31. The quantitative estimate of drug-likeness (QED) is 0.815. The Balaban J connectivity index is 1.81. The van der Waals surface area contributed by atoms with Gasteiger partial charge in [-0.2, -0.15) is 0 Å². The summed E-state index contributed by atoms with van der Waals surface area (Å²) in [5.74, 6) is -0.316. The van der Waals surface area contributed by atoms with Gasteiger partial charge in [-0.3, -0.25) is 4.79 Å². The highest BCUT2D eigenvalue weighted by Crippen LogP contribution is 2.24. The predicted octanol–water partition coefficient (Wildman–Crippen LogP) is 3.28. The Bertz CT molecular complexity index is 824. The topological polar surface area (TPSA) is 84.4 Å². The van der Waals surface area contributed by atoms with E-state index in [2.05, 4.69) is 27.1 Å². The van der Waals surface area contributed by atoms with Gasteiger partial charge in [-0.1, -0.05) is 19.1 Å². The van der Waals surface area contributed by atoms with Gasteiger partial charge >= 0.3 is 5.97 Å². The van der Waals surface area contributed by atoms with Gasteiger partial charge < -0.3 is 15.0 Å². The lowest BCUT2D eigenvalue weighted by Gasteiger charge is -2.35. The van der Waals surface area contributed by atoms with Crippen molar-refractivity contribution in [1.29, 1.82) is 0 Å². The van der Waals surface area contributed by atoms with Gasteiger partial charge in [0.2, 0.25) is 5.95 Å². The third kappa shape index (κ3) is 4.24. The van der Waals surface area contributed by atoms with Gasteiger partial charge in [-0.05, 0) is 43.9 Å². The maximum atomic E-state index is 12.7. The number of amides is 1. The average Bonchev–Trinajstić information content (AvgIpc) is 2.73. The van der Waals surface area contributed by atoms with Gasteiger partial charge in [0.1, 0.15) is 5.69 Å². The molecule has 1 unspecified atom stereocenters. The van der Waals surface area contributed by atoms with Crippen molar-refractivity contribution in [3.8, 4) is 0 Å². The van der Waals surface area contributed by atoms with E-state index < -0.39 is 5.97 Å². The molecule has 3 rings (SSSR count). The predicted molar refractivity (Wildman–Crippen MR) is 103 cm³/mol. The van der Waals surface area contributed by atoms with Crippen molar-refractivity contribution >= 4 is 23.5 Å². The maximum absolute atomic E-state index is 12.7. The number of piperidine rings is 1. The molecular weight excluding hydrogens is 344 g/mol. The van der Waals surface area contributed by atoms with Crippen molar-refractivity contribution in [2.75, 3.05) is 23.9 Å². The molecule has 2 aromatic rings. The van der Waals surface area contributed by atoms with E-state index in [1.165, 1.54) is 13.5 Å². The molecule has 27 heavy (non-hydrogen) atoms. The van der Waals surface area contributed by atoms with Gasteiger partial charge in [0.25, 0.3) is 5.91 Å². The minimum Gasteiger partial charge on any atom is -0.465 e. The molecule has 2 heterocycles. The van der Waals surface area contributed by atoms with Crippen LogP contribution in [0.1, 0.15) is 53.5 Å². The number of nitrogens with one attached hydrogen (secondary N) is 1. The van der Waals surface area contributed by atoms with E-state index in [1.54, 1.807) is 36.5 Å². The van der Waals surface area contributed by atoms with Crippen LogP contribution in [0.4, 0.5) is 11.6 Å². The monoisotopic (exact) mass is 368 g/mol. The Morgan fingerprint density at radius 2 is 2.07 bits per heavy atom. The number of anilines is 2. The van der Waals surface area contributed by atoms with E-state index in [9.17, 15) is 9.59 Å². The molecule has 0 spiro atoms. The third-order valence-electron chi connectivity index (χ3n) is 4.81. The number of carbonyl (C=O) groups is 2. The zero-order valence-electron chi connectivity index (χ0n) is 15.6. The van der Waals surface area contributed by atoms with E-state index in [-0.39, 0.29) is 11.6 Å². The lowest BCUT2D eigenvalue weighted by atomic mass is 10.0. The summed E-state index contributed by atoms with van der Waals surface area (Å²) < 4.78 is 4.76. The molecule has 7 nitrogen and oxygen atoms in total. The number of ether oxygens (including phenoxy) is 1. The highest BCUT2D eigenvalue weighted by atomic mass is 16.5. The summed E-state index contributed by atoms with van der Waals surface area (Å²) in [5, 5.41) is 2.75. The molecule has 1 aliphatic rings. The number of nitrogens with zero attached hydrogens (tertiary/aromatic N) is 3. The Kier molecular flexibility index (Phi) is 6.01. The summed E-state index contributed by atoms with van der Waals surface area (Å²) in [6.07, 6.45) is 6.04. The Morgan fingerprint density at radius 3 is 2.85 bits per heavy atom. The Hall–Kier alpha value is -2.96. The minimum atomic E-state index is -0.506. The van der Waals surface area contributed by atoms with Crippen molar-refractivity contribution in [1.82, 2.24) is 9.97 Å². The summed E-state index contributed by atoms with van der Waals surface area (Å²) >= 11 is 0. The fourth-order valence-electron chi connectivity index (χ4n) is 3.37. The number of hydrogen-bond acceptors (Lipinski definition) is 6. The molecular formula is C20H24N4O3. The van der Waals surface area contributed by atoms with Gasteiger partial charge in [0, 0.05) is 18.8 Å². The molecule has 1 atom stereocenters. The molecule has 1 aromatic carbocycles. The van der Waals surface area contributed by atoms with Crippen LogP contribution < -0.4 is 10.2 Å². The third-order valence-corrected chi connectivity index (χ3v) is 4.81. The van der Waals surface area contributed by atoms with Crippen LogP contribution in [0.5, 0.6) is 0 Å². The molecule has 7 heteroatoms. The first kappa shape index (κ1) is 18.8. The van der Waals surface area contributed by atoms with Crippen molar-refractivity contribution < 1.29 is 14.3 Å². The summed E-state index contributed by atoms with van der Waals surface area (Å²) in [6.45, 7) is 3.05.